The Kier molecular flexibility index (Phi) is 3.77. The summed E-state index contributed by atoms with van der Waals surface area (Å²) in [6, 6.07) is 0. The average molecular weight is 83.1 g/mol. The molecule has 6 heavy (non-hydrogen) atoms. The number of nitrogens with one attached hydrogen (secondary N) is 1. The maximum Gasteiger partial charge on any atom is 0.00277 e. The Morgan fingerprint density at radius 1 is 1.67 bits per heavy atom. The van der Waals surface area contributed by atoms with Crippen LogP contribution in [-0.2, 0) is 0 Å². The van der Waals surface area contributed by atoms with Crippen LogP contribution in [0.2, 0.25) is 0 Å². The van der Waals surface area contributed by atoms with Gasteiger partial charge in [-0.2, -0.15) is 0 Å². The van der Waals surface area contributed by atoms with Gasteiger partial charge in [-0.1, -0.05) is 12.7 Å². The smallest absolute Gasteiger partial charge is 0.00277 e. The van der Waals surface area contributed by atoms with Crippen molar-refractivity contribution in [3.8, 4) is 0 Å². The second-order valence-electron chi connectivity index (χ2n) is 0.883. The molecule has 0 aromatic rings. The molecule has 0 saturated carbocycles. The first-order valence-corrected chi connectivity index (χ1v) is 1.86. The third-order valence-corrected chi connectivity index (χ3v) is 0.399. The number of rotatable bonds is 2. The molecule has 0 atom stereocenters. The summed E-state index contributed by atoms with van der Waals surface area (Å²) in [4.78, 5) is 0. The van der Waals surface area contributed by atoms with Gasteiger partial charge in [-0.05, 0) is 12.3 Å². The highest BCUT2D eigenvalue weighted by Crippen LogP contribution is 1.61. The van der Waals surface area contributed by atoms with Crippen LogP contribution in [0.3, 0.4) is 0 Å². The van der Waals surface area contributed by atoms with Crippen LogP contribution >= 0.6 is 0 Å². The fourth-order valence-electron chi connectivity index (χ4n) is 0.164. The highest BCUT2D eigenvalue weighted by molar-refractivity contribution is 4.94. The van der Waals surface area contributed by atoms with Crippen LogP contribution in [0.25, 0.3) is 0 Å². The summed E-state index contributed by atoms with van der Waals surface area (Å²) in [5.74, 6) is 0. The van der Waals surface area contributed by atoms with Crippen molar-refractivity contribution in [1.29, 1.82) is 0 Å². The summed E-state index contributed by atoms with van der Waals surface area (Å²) in [6.07, 6.45) is 5.36. The lowest BCUT2D eigenvalue weighted by molar-refractivity contribution is 1.10. The van der Waals surface area contributed by atoms with Gasteiger partial charge in [-0.15, -0.1) is 0 Å². The fraction of sp³-hybridized carbons (Fsp3) is 0.200. The van der Waals surface area contributed by atoms with Gasteiger partial charge in [0.25, 0.3) is 0 Å². The van der Waals surface area contributed by atoms with E-state index in [1.54, 1.807) is 6.08 Å². The van der Waals surface area contributed by atoms with Crippen LogP contribution in [0, 0.1) is 0 Å². The van der Waals surface area contributed by atoms with E-state index >= 15 is 0 Å². The molecule has 1 heteroatoms. The summed E-state index contributed by atoms with van der Waals surface area (Å²) in [7, 11) is 1.85. The quantitative estimate of drug-likeness (QED) is 0.489. The summed E-state index contributed by atoms with van der Waals surface area (Å²) >= 11 is 0. The van der Waals surface area contributed by atoms with E-state index < -0.39 is 0 Å². The van der Waals surface area contributed by atoms with Crippen LogP contribution in [0.5, 0.6) is 0 Å². The van der Waals surface area contributed by atoms with Gasteiger partial charge in [0.1, 0.15) is 0 Å². The molecular weight excluding hydrogens is 74.1 g/mol. The molecule has 0 heterocycles. The van der Waals surface area contributed by atoms with Crippen molar-refractivity contribution in [3.05, 3.63) is 24.9 Å². The minimum Gasteiger partial charge on any atom is -0.394 e. The normalized spacial score (nSPS) is 8.83. The Hall–Kier alpha value is -0.720. The molecule has 0 radical (unpaired) electrons. The average Bonchev–Trinajstić information content (AvgIpc) is 1.61. The maximum atomic E-state index is 3.47. The van der Waals surface area contributed by atoms with E-state index in [2.05, 4.69) is 11.9 Å². The largest absolute Gasteiger partial charge is 0.394 e. The maximum absolute atomic E-state index is 3.47. The fourth-order valence-corrected chi connectivity index (χ4v) is 0.164. The minimum atomic E-state index is 1.72. The third kappa shape index (κ3) is 3.28. The zero-order chi connectivity index (χ0) is 4.83. The highest BCUT2D eigenvalue weighted by atomic mass is 14.8. The molecule has 0 aliphatic rings. The third-order valence-electron chi connectivity index (χ3n) is 0.399. The van der Waals surface area contributed by atoms with E-state index in [4.69, 9.17) is 0 Å². The van der Waals surface area contributed by atoms with Gasteiger partial charge in [0, 0.05) is 7.05 Å². The second-order valence-corrected chi connectivity index (χ2v) is 0.883. The molecule has 0 saturated heterocycles. The van der Waals surface area contributed by atoms with E-state index in [1.165, 1.54) is 0 Å². The van der Waals surface area contributed by atoms with E-state index in [-0.39, 0.29) is 0 Å². The zero-order valence-corrected chi connectivity index (χ0v) is 3.94. The summed E-state index contributed by atoms with van der Waals surface area (Å²) in [6.45, 7) is 3.47. The molecule has 1 nitrogen and oxygen atoms in total. The Balaban J connectivity index is 2.94. The number of allylic oxidation sites excluding steroid dienone is 2. The van der Waals surface area contributed by atoms with E-state index in [0.717, 1.165) is 0 Å². The zero-order valence-electron chi connectivity index (χ0n) is 3.94. The van der Waals surface area contributed by atoms with Crippen molar-refractivity contribution in [2.75, 3.05) is 7.05 Å². The molecule has 0 unspecified atom stereocenters. The molecular formula is C5H9N. The van der Waals surface area contributed by atoms with Gasteiger partial charge in [0.2, 0.25) is 0 Å². The minimum absolute atomic E-state index is 1.72. The Morgan fingerprint density at radius 3 is 2.50 bits per heavy atom. The number of hydrogen-bond donors (Lipinski definition) is 1. The van der Waals surface area contributed by atoms with Crippen molar-refractivity contribution in [2.24, 2.45) is 0 Å². The van der Waals surface area contributed by atoms with Crippen LogP contribution in [0.4, 0.5) is 0 Å². The lowest BCUT2D eigenvalue weighted by atomic mass is 10.6. The molecule has 0 aromatic carbocycles. The molecule has 0 spiro atoms. The van der Waals surface area contributed by atoms with Crippen molar-refractivity contribution >= 4 is 0 Å². The Bertz CT molecular complexity index is 55.0. The van der Waals surface area contributed by atoms with Crippen LogP contribution in [-0.4, -0.2) is 7.05 Å². The topological polar surface area (TPSA) is 12.0 Å². The molecule has 0 aromatic heterocycles. The molecule has 0 aliphatic carbocycles. The van der Waals surface area contributed by atoms with Gasteiger partial charge in [0.05, 0.1) is 0 Å². The number of hydrogen-bond acceptors (Lipinski definition) is 1. The van der Waals surface area contributed by atoms with Crippen molar-refractivity contribution in [3.63, 3.8) is 0 Å². The van der Waals surface area contributed by atoms with E-state index in [1.807, 2.05) is 19.3 Å². The van der Waals surface area contributed by atoms with Gasteiger partial charge in [0.15, 0.2) is 0 Å². The van der Waals surface area contributed by atoms with Gasteiger partial charge in [-0.25, -0.2) is 0 Å². The van der Waals surface area contributed by atoms with Crippen LogP contribution in [0.1, 0.15) is 0 Å². The Labute approximate surface area is 38.4 Å². The SMILES string of the molecule is C=CC=CNC. The van der Waals surface area contributed by atoms with Crippen molar-refractivity contribution in [2.45, 2.75) is 0 Å². The molecule has 0 fully saturated rings. The summed E-state index contributed by atoms with van der Waals surface area (Å²) in [5, 5.41) is 2.82. The summed E-state index contributed by atoms with van der Waals surface area (Å²) < 4.78 is 0. The molecule has 0 aliphatic heterocycles. The molecule has 34 valence electrons. The van der Waals surface area contributed by atoms with E-state index in [0.29, 0.717) is 0 Å². The molecule has 0 rings (SSSR count). The molecule has 1 N–H and O–H groups in total. The Morgan fingerprint density at radius 2 is 2.33 bits per heavy atom. The predicted octanol–water partition coefficient (Wildman–Crippen LogP) is 0.905. The second kappa shape index (κ2) is 4.28. The molecule has 0 amide bonds. The molecule has 0 bridgehead atoms. The van der Waals surface area contributed by atoms with Crippen molar-refractivity contribution in [1.82, 2.24) is 5.32 Å². The highest BCUT2D eigenvalue weighted by Gasteiger charge is 1.50. The monoisotopic (exact) mass is 83.1 g/mol. The van der Waals surface area contributed by atoms with Crippen LogP contribution < -0.4 is 5.32 Å². The lowest BCUT2D eigenvalue weighted by Gasteiger charge is -1.76. The first-order valence-electron chi connectivity index (χ1n) is 1.86. The standard InChI is InChI=1S/C5H9N/c1-3-4-5-6-2/h3-6H,1H2,2H3. The van der Waals surface area contributed by atoms with Crippen molar-refractivity contribution < 1.29 is 0 Å². The van der Waals surface area contributed by atoms with Gasteiger partial charge < -0.3 is 5.32 Å². The lowest BCUT2D eigenvalue weighted by Crippen LogP contribution is -1.89. The van der Waals surface area contributed by atoms with Gasteiger partial charge in [-0.3, -0.25) is 0 Å². The van der Waals surface area contributed by atoms with Gasteiger partial charge >= 0.3 is 0 Å². The van der Waals surface area contributed by atoms with Crippen LogP contribution in [0.15, 0.2) is 24.9 Å². The predicted molar refractivity (Wildman–Crippen MR) is 28.4 cm³/mol. The van der Waals surface area contributed by atoms with E-state index in [9.17, 15) is 0 Å². The first-order chi connectivity index (χ1) is 2.91. The first kappa shape index (κ1) is 5.28. The summed E-state index contributed by atoms with van der Waals surface area (Å²) in [5.41, 5.74) is 0.